The van der Waals surface area contributed by atoms with Gasteiger partial charge in [-0.1, -0.05) is 41.6 Å². The summed E-state index contributed by atoms with van der Waals surface area (Å²) >= 11 is 5.89. The van der Waals surface area contributed by atoms with Crippen LogP contribution in [0.25, 0.3) is 0 Å². The van der Waals surface area contributed by atoms with Gasteiger partial charge < -0.3 is 9.47 Å². The molecule has 0 bridgehead atoms. The van der Waals surface area contributed by atoms with Gasteiger partial charge in [0.2, 0.25) is 10.0 Å². The van der Waals surface area contributed by atoms with Crippen molar-refractivity contribution in [1.82, 2.24) is 4.72 Å². The summed E-state index contributed by atoms with van der Waals surface area (Å²) in [4.78, 5) is 0.151. The molecule has 0 atom stereocenters. The summed E-state index contributed by atoms with van der Waals surface area (Å²) in [6.07, 6.45) is 0.829. The third-order valence-corrected chi connectivity index (χ3v) is 6.05. The molecule has 0 saturated heterocycles. The van der Waals surface area contributed by atoms with Gasteiger partial charge in [0.15, 0.2) is 11.5 Å². The van der Waals surface area contributed by atoms with Crippen LogP contribution in [-0.2, 0) is 16.4 Å². The van der Waals surface area contributed by atoms with E-state index in [-0.39, 0.29) is 23.6 Å². The van der Waals surface area contributed by atoms with Crippen molar-refractivity contribution < 1.29 is 17.9 Å². The molecule has 0 aromatic heterocycles. The molecule has 1 aliphatic rings. The molecule has 148 valence electrons. The summed E-state index contributed by atoms with van der Waals surface area (Å²) in [5.41, 5.74) is 1.48. The van der Waals surface area contributed by atoms with Crippen molar-refractivity contribution in [2.75, 3.05) is 13.2 Å². The number of hydrogen-bond acceptors (Lipinski definition) is 4. The SMILES string of the molecule is Cc1ccc(Cl)cc1S(=O)(=O)NCC#CCOc1cccc2c1OC(C)(C)C2. The first-order valence-electron chi connectivity index (χ1n) is 8.83. The molecule has 0 saturated carbocycles. The smallest absolute Gasteiger partial charge is 0.241 e. The average molecular weight is 420 g/mol. The standard InChI is InChI=1S/C21H22ClNO4S/c1-15-9-10-17(22)13-19(15)28(24,25)23-11-4-5-12-26-18-8-6-7-16-14-21(2,3)27-20(16)18/h6-10,13,23H,11-12,14H2,1-3H3. The fraction of sp³-hybridized carbons (Fsp3) is 0.333. The second kappa shape index (κ2) is 8.04. The van der Waals surface area contributed by atoms with Crippen molar-refractivity contribution in [2.45, 2.75) is 37.7 Å². The molecule has 0 spiro atoms. The predicted octanol–water partition coefficient (Wildman–Crippen LogP) is 3.72. The number of fused-ring (bicyclic) bond motifs is 1. The van der Waals surface area contributed by atoms with Gasteiger partial charge in [-0.25, -0.2) is 8.42 Å². The monoisotopic (exact) mass is 419 g/mol. The minimum absolute atomic E-state index is 0.0198. The molecule has 1 aliphatic heterocycles. The van der Waals surface area contributed by atoms with Crippen LogP contribution >= 0.6 is 11.6 Å². The van der Waals surface area contributed by atoms with Crippen molar-refractivity contribution in [2.24, 2.45) is 0 Å². The lowest BCUT2D eigenvalue weighted by Crippen LogP contribution is -2.25. The third kappa shape index (κ3) is 4.79. The fourth-order valence-corrected chi connectivity index (χ4v) is 4.43. The Morgan fingerprint density at radius 2 is 2.04 bits per heavy atom. The summed E-state index contributed by atoms with van der Waals surface area (Å²) in [6.45, 7) is 5.90. The maximum atomic E-state index is 12.4. The van der Waals surface area contributed by atoms with Gasteiger partial charge in [-0.05, 0) is 44.5 Å². The number of para-hydroxylation sites is 1. The first-order chi connectivity index (χ1) is 13.2. The molecular weight excluding hydrogens is 398 g/mol. The lowest BCUT2D eigenvalue weighted by Gasteiger charge is -2.17. The molecule has 0 unspecified atom stereocenters. The third-order valence-electron chi connectivity index (χ3n) is 4.27. The quantitative estimate of drug-likeness (QED) is 0.750. The zero-order chi connectivity index (χ0) is 20.4. The summed E-state index contributed by atoms with van der Waals surface area (Å²) in [7, 11) is -3.67. The number of rotatable bonds is 5. The minimum atomic E-state index is -3.67. The van der Waals surface area contributed by atoms with E-state index in [0.717, 1.165) is 17.7 Å². The molecule has 2 aromatic rings. The number of aryl methyl sites for hydroxylation is 1. The van der Waals surface area contributed by atoms with Crippen LogP contribution in [0.1, 0.15) is 25.0 Å². The van der Waals surface area contributed by atoms with Gasteiger partial charge >= 0.3 is 0 Å². The van der Waals surface area contributed by atoms with E-state index < -0.39 is 10.0 Å². The van der Waals surface area contributed by atoms with Crippen LogP contribution in [0, 0.1) is 18.8 Å². The second-order valence-electron chi connectivity index (χ2n) is 7.16. The molecule has 0 aliphatic carbocycles. The van der Waals surface area contributed by atoms with Crippen LogP contribution in [0.15, 0.2) is 41.3 Å². The molecule has 2 aromatic carbocycles. The van der Waals surface area contributed by atoms with Gasteiger partial charge in [-0.3, -0.25) is 0 Å². The number of benzene rings is 2. The minimum Gasteiger partial charge on any atom is -0.483 e. The molecule has 0 amide bonds. The van der Waals surface area contributed by atoms with E-state index in [1.165, 1.54) is 6.07 Å². The zero-order valence-corrected chi connectivity index (χ0v) is 17.6. The van der Waals surface area contributed by atoms with Gasteiger partial charge in [0.1, 0.15) is 12.2 Å². The Morgan fingerprint density at radius 3 is 2.82 bits per heavy atom. The highest BCUT2D eigenvalue weighted by molar-refractivity contribution is 7.89. The van der Waals surface area contributed by atoms with E-state index in [1.807, 2.05) is 32.0 Å². The maximum Gasteiger partial charge on any atom is 0.241 e. The van der Waals surface area contributed by atoms with Crippen LogP contribution in [0.3, 0.4) is 0 Å². The van der Waals surface area contributed by atoms with Crippen molar-refractivity contribution in [3.05, 3.63) is 52.5 Å². The van der Waals surface area contributed by atoms with Gasteiger partial charge in [0, 0.05) is 17.0 Å². The molecule has 7 heteroatoms. The van der Waals surface area contributed by atoms with Crippen LogP contribution in [0.4, 0.5) is 0 Å². The lowest BCUT2D eigenvalue weighted by atomic mass is 10.0. The molecular formula is C21H22ClNO4S. The van der Waals surface area contributed by atoms with Gasteiger partial charge in [-0.2, -0.15) is 4.72 Å². The summed E-state index contributed by atoms with van der Waals surface area (Å²) in [6, 6.07) is 10.5. The summed E-state index contributed by atoms with van der Waals surface area (Å²) < 4.78 is 38.8. The average Bonchev–Trinajstić information content (AvgIpc) is 2.94. The number of ether oxygens (including phenoxy) is 2. The van der Waals surface area contributed by atoms with E-state index in [4.69, 9.17) is 21.1 Å². The maximum absolute atomic E-state index is 12.4. The number of nitrogens with one attached hydrogen (secondary N) is 1. The summed E-state index contributed by atoms with van der Waals surface area (Å²) in [5.74, 6) is 6.98. The van der Waals surface area contributed by atoms with Crippen LogP contribution in [0.2, 0.25) is 5.02 Å². The van der Waals surface area contributed by atoms with E-state index in [1.54, 1.807) is 19.1 Å². The van der Waals surface area contributed by atoms with Gasteiger partial charge in [-0.15, -0.1) is 0 Å². The highest BCUT2D eigenvalue weighted by Gasteiger charge is 2.32. The molecule has 1 N–H and O–H groups in total. The Balaban J connectivity index is 1.56. The van der Waals surface area contributed by atoms with Gasteiger partial charge in [0.05, 0.1) is 11.4 Å². The highest BCUT2D eigenvalue weighted by Crippen LogP contribution is 2.41. The summed E-state index contributed by atoms with van der Waals surface area (Å²) in [5, 5.41) is 0.367. The van der Waals surface area contributed by atoms with Crippen LogP contribution in [0.5, 0.6) is 11.5 Å². The molecule has 28 heavy (non-hydrogen) atoms. The Morgan fingerprint density at radius 1 is 1.25 bits per heavy atom. The Bertz CT molecular complexity index is 1050. The molecule has 0 fully saturated rings. The van der Waals surface area contributed by atoms with Crippen molar-refractivity contribution in [3.63, 3.8) is 0 Å². The van der Waals surface area contributed by atoms with Crippen molar-refractivity contribution in [3.8, 4) is 23.3 Å². The zero-order valence-electron chi connectivity index (χ0n) is 16.0. The highest BCUT2D eigenvalue weighted by atomic mass is 35.5. The first-order valence-corrected chi connectivity index (χ1v) is 10.7. The fourth-order valence-electron chi connectivity index (χ4n) is 3.00. The van der Waals surface area contributed by atoms with E-state index in [9.17, 15) is 8.42 Å². The van der Waals surface area contributed by atoms with Crippen molar-refractivity contribution in [1.29, 1.82) is 0 Å². The Labute approximate surface area is 171 Å². The first kappa shape index (κ1) is 20.5. The van der Waals surface area contributed by atoms with Crippen LogP contribution in [-0.4, -0.2) is 27.2 Å². The van der Waals surface area contributed by atoms with Gasteiger partial charge in [0.25, 0.3) is 0 Å². The second-order valence-corrected chi connectivity index (χ2v) is 9.33. The van der Waals surface area contributed by atoms with Crippen molar-refractivity contribution >= 4 is 21.6 Å². The largest absolute Gasteiger partial charge is 0.483 e. The predicted molar refractivity (Wildman–Crippen MR) is 110 cm³/mol. The number of hydrogen-bond donors (Lipinski definition) is 1. The molecule has 0 radical (unpaired) electrons. The number of sulfonamides is 1. The normalized spacial score (nSPS) is 14.6. The van der Waals surface area contributed by atoms with E-state index in [0.29, 0.717) is 16.3 Å². The Kier molecular flexibility index (Phi) is 5.90. The van der Waals surface area contributed by atoms with E-state index >= 15 is 0 Å². The molecule has 5 nitrogen and oxygen atoms in total. The number of halogens is 1. The molecule has 1 heterocycles. The van der Waals surface area contributed by atoms with Crippen LogP contribution < -0.4 is 14.2 Å². The lowest BCUT2D eigenvalue weighted by molar-refractivity contribution is 0.133. The van der Waals surface area contributed by atoms with E-state index in [2.05, 4.69) is 16.6 Å². The molecule has 3 rings (SSSR count). The topological polar surface area (TPSA) is 64.6 Å². The Hall–Kier alpha value is -2.20.